The molecule has 53 heavy (non-hydrogen) atoms. The average Bonchev–Trinajstić information content (AvgIpc) is 3.88. The van der Waals surface area contributed by atoms with Crippen LogP contribution in [0.4, 0.5) is 11.4 Å². The third-order valence-electron chi connectivity index (χ3n) is 9.99. The highest BCUT2D eigenvalue weighted by Gasteiger charge is 2.52. The van der Waals surface area contributed by atoms with Gasteiger partial charge < -0.3 is 30.2 Å². The third-order valence-corrected chi connectivity index (χ3v) is 9.99. The van der Waals surface area contributed by atoms with E-state index in [0.29, 0.717) is 41.3 Å². The number of amides is 2. The predicted molar refractivity (Wildman–Crippen MR) is 203 cm³/mol. The van der Waals surface area contributed by atoms with Gasteiger partial charge >= 0.3 is 0 Å². The quantitative estimate of drug-likeness (QED) is 0.100. The molecule has 3 heterocycles. The monoisotopic (exact) mass is 710 g/mol. The van der Waals surface area contributed by atoms with Gasteiger partial charge in [-0.3, -0.25) is 14.3 Å². The van der Waals surface area contributed by atoms with Crippen LogP contribution in [-0.2, 0) is 34.7 Å². The number of carbonyl (C=O) groups excluding carboxylic acids is 2. The fourth-order valence-corrected chi connectivity index (χ4v) is 7.03. The molecule has 11 nitrogen and oxygen atoms in total. The van der Waals surface area contributed by atoms with Gasteiger partial charge in [0.15, 0.2) is 5.60 Å². The van der Waals surface area contributed by atoms with Crippen LogP contribution in [0.5, 0.6) is 5.75 Å². The molecule has 3 atom stereocenters. The average molecular weight is 711 g/mol. The molecule has 11 heteroatoms. The number of allylic oxidation sites excluding steroid dienone is 1. The van der Waals surface area contributed by atoms with E-state index < -0.39 is 17.4 Å². The summed E-state index contributed by atoms with van der Waals surface area (Å²) in [7, 11) is 1.55. The molecule has 0 radical (unpaired) electrons. The maximum absolute atomic E-state index is 14.2. The van der Waals surface area contributed by atoms with Gasteiger partial charge in [0.05, 0.1) is 44.0 Å². The Balaban J connectivity index is 1.01. The number of carbonyl (C=O) groups is 2. The Kier molecular flexibility index (Phi) is 10.2. The number of rotatable bonds is 14. The maximum atomic E-state index is 14.2. The van der Waals surface area contributed by atoms with Crippen LogP contribution in [-0.4, -0.2) is 55.7 Å². The molecular weight excluding hydrogens is 668 g/mol. The molecule has 1 aliphatic heterocycles. The summed E-state index contributed by atoms with van der Waals surface area (Å²) in [5.74, 6) is -0.839. The first-order valence-electron chi connectivity index (χ1n) is 17.7. The Morgan fingerprint density at radius 3 is 2.58 bits per heavy atom. The number of hydrogen-bond donors (Lipinski definition) is 4. The van der Waals surface area contributed by atoms with Gasteiger partial charge in [0.2, 0.25) is 5.91 Å². The van der Waals surface area contributed by atoms with E-state index in [1.807, 2.05) is 110 Å². The zero-order valence-electron chi connectivity index (χ0n) is 29.6. The zero-order chi connectivity index (χ0) is 37.0. The van der Waals surface area contributed by atoms with Gasteiger partial charge in [-0.25, -0.2) is 0 Å². The van der Waals surface area contributed by atoms with E-state index >= 15 is 0 Å². The van der Waals surface area contributed by atoms with Gasteiger partial charge in [-0.1, -0.05) is 85.0 Å². The molecule has 1 unspecified atom stereocenters. The Morgan fingerprint density at radius 1 is 1.04 bits per heavy atom. The highest BCUT2D eigenvalue weighted by Crippen LogP contribution is 2.47. The molecular formula is C42H42N6O5. The number of aliphatic hydroxyl groups is 2. The molecule has 7 rings (SSSR count). The minimum atomic E-state index is -1.82. The van der Waals surface area contributed by atoms with Crippen molar-refractivity contribution < 1.29 is 24.5 Å². The van der Waals surface area contributed by atoms with E-state index in [0.717, 1.165) is 27.6 Å². The van der Waals surface area contributed by atoms with Gasteiger partial charge in [-0.15, -0.1) is 5.10 Å². The van der Waals surface area contributed by atoms with Crippen LogP contribution in [0.1, 0.15) is 47.2 Å². The molecule has 0 spiro atoms. The lowest BCUT2D eigenvalue weighted by molar-refractivity contribution is -0.139. The molecule has 0 fully saturated rings. The highest BCUT2D eigenvalue weighted by atomic mass is 16.5. The number of nitrogens with one attached hydrogen (secondary N) is 2. The molecule has 6 aromatic rings. The Hall–Kier alpha value is -6.04. The van der Waals surface area contributed by atoms with Crippen molar-refractivity contribution in [3.63, 3.8) is 0 Å². The van der Waals surface area contributed by atoms with Crippen LogP contribution < -0.4 is 15.0 Å². The molecule has 0 aliphatic carbocycles. The van der Waals surface area contributed by atoms with Crippen LogP contribution in [0.2, 0.25) is 0 Å². The minimum absolute atomic E-state index is 0.0767. The molecule has 1 aliphatic rings. The fraction of sp³-hybridized carbons (Fsp3) is 0.238. The molecule has 4 N–H and O–H groups in total. The summed E-state index contributed by atoms with van der Waals surface area (Å²) in [5.41, 5.74) is 4.34. The normalized spacial score (nSPS) is 16.6. The van der Waals surface area contributed by atoms with Crippen molar-refractivity contribution in [1.29, 1.82) is 0 Å². The van der Waals surface area contributed by atoms with Crippen molar-refractivity contribution >= 4 is 34.1 Å². The second-order valence-electron chi connectivity index (χ2n) is 13.4. The largest absolute Gasteiger partial charge is 0.497 e. The van der Waals surface area contributed by atoms with Crippen molar-refractivity contribution in [3.8, 4) is 5.75 Å². The van der Waals surface area contributed by atoms with Crippen molar-refractivity contribution in [2.75, 3.05) is 23.9 Å². The van der Waals surface area contributed by atoms with Crippen LogP contribution >= 0.6 is 0 Å². The number of methoxy groups -OCH3 is 1. The number of aliphatic hydroxyl groups excluding tert-OH is 1. The zero-order valence-corrected chi connectivity index (χ0v) is 29.6. The molecule has 2 amide bonds. The van der Waals surface area contributed by atoms with E-state index in [2.05, 4.69) is 20.6 Å². The number of aromatic nitrogens is 4. The molecule has 0 saturated heterocycles. The van der Waals surface area contributed by atoms with Crippen molar-refractivity contribution in [3.05, 3.63) is 150 Å². The predicted octanol–water partition coefficient (Wildman–Crippen LogP) is 6.09. The van der Waals surface area contributed by atoms with Crippen molar-refractivity contribution in [2.24, 2.45) is 5.92 Å². The second kappa shape index (κ2) is 15.3. The standard InChI is InChI=1S/C42H42N6O5/c1-28(10-8-9-21-47-26-38(45-46-47)35(27-49)30-11-4-3-5-12-30)42(52)36-23-33(53-2)19-20-39(36)48(41(42)51)25-29-15-17-32(18-16-29)44-40(50)22-31-24-43-37-14-7-6-13-34(31)37/h3-8,10-20,23-24,26,28,35,43,49,52H,9,21-22,25,27H2,1-2H3,(H,44,50)/b10-8+/t28-,35?,42+/m0/s1. The number of aromatic amines is 1. The van der Waals surface area contributed by atoms with Gasteiger partial charge in [-0.2, -0.15) is 0 Å². The number of benzene rings is 4. The maximum Gasteiger partial charge on any atom is 0.264 e. The van der Waals surface area contributed by atoms with Crippen LogP contribution in [0.25, 0.3) is 10.9 Å². The van der Waals surface area contributed by atoms with Gasteiger partial charge in [-0.05, 0) is 59.5 Å². The number of anilines is 2. The van der Waals surface area contributed by atoms with Crippen LogP contribution in [0, 0.1) is 5.92 Å². The number of para-hydroxylation sites is 1. The molecule has 270 valence electrons. The number of aryl methyl sites for hydroxylation is 1. The second-order valence-corrected chi connectivity index (χ2v) is 13.4. The van der Waals surface area contributed by atoms with Crippen molar-refractivity contribution in [1.82, 2.24) is 20.0 Å². The first kappa shape index (κ1) is 35.4. The minimum Gasteiger partial charge on any atom is -0.497 e. The first-order valence-corrected chi connectivity index (χ1v) is 17.7. The Labute approximate surface area is 307 Å². The summed E-state index contributed by atoms with van der Waals surface area (Å²) < 4.78 is 7.21. The van der Waals surface area contributed by atoms with Gasteiger partial charge in [0.1, 0.15) is 5.75 Å². The summed E-state index contributed by atoms with van der Waals surface area (Å²) in [6.45, 7) is 2.51. The number of nitrogens with zero attached hydrogens (tertiary/aromatic N) is 4. The molecule has 2 aromatic heterocycles. The van der Waals surface area contributed by atoms with E-state index in [9.17, 15) is 19.8 Å². The molecule has 0 saturated carbocycles. The lowest BCUT2D eigenvalue weighted by Crippen LogP contribution is -2.44. The summed E-state index contributed by atoms with van der Waals surface area (Å²) in [6, 6.07) is 30.3. The van der Waals surface area contributed by atoms with E-state index in [1.54, 1.807) is 34.9 Å². The lowest BCUT2D eigenvalue weighted by Gasteiger charge is -2.28. The van der Waals surface area contributed by atoms with Crippen LogP contribution in [0.3, 0.4) is 0 Å². The van der Waals surface area contributed by atoms with Gasteiger partial charge in [0.25, 0.3) is 5.91 Å². The third kappa shape index (κ3) is 7.21. The van der Waals surface area contributed by atoms with E-state index in [4.69, 9.17) is 4.74 Å². The summed E-state index contributed by atoms with van der Waals surface area (Å²) in [5, 5.41) is 34.7. The number of hydrogen-bond acceptors (Lipinski definition) is 7. The number of H-pyrrole nitrogens is 1. The first-order chi connectivity index (χ1) is 25.8. The Morgan fingerprint density at radius 2 is 1.81 bits per heavy atom. The summed E-state index contributed by atoms with van der Waals surface area (Å²) in [6.07, 6.45) is 8.32. The lowest BCUT2D eigenvalue weighted by atomic mass is 9.83. The Bertz CT molecular complexity index is 2250. The van der Waals surface area contributed by atoms with E-state index in [1.165, 1.54) is 0 Å². The summed E-state index contributed by atoms with van der Waals surface area (Å²) in [4.78, 5) is 31.8. The van der Waals surface area contributed by atoms with Gasteiger partial charge in [0, 0.05) is 47.0 Å². The van der Waals surface area contributed by atoms with Crippen molar-refractivity contribution in [2.45, 2.75) is 44.4 Å². The smallest absolute Gasteiger partial charge is 0.264 e. The molecule has 0 bridgehead atoms. The van der Waals surface area contributed by atoms with E-state index in [-0.39, 0.29) is 31.4 Å². The topological polar surface area (TPSA) is 146 Å². The SMILES string of the molecule is COc1ccc2c(c1)[C@](O)([C@@H](C)/C=C/CCn1cc(C(CO)c3ccccc3)nn1)C(=O)N2Cc1ccc(NC(=O)Cc2c[nH]c3ccccc23)cc1. The number of ether oxygens (including phenoxy) is 1. The van der Waals surface area contributed by atoms with Crippen LogP contribution in [0.15, 0.2) is 122 Å². The summed E-state index contributed by atoms with van der Waals surface area (Å²) >= 11 is 0. The highest BCUT2D eigenvalue weighted by molar-refractivity contribution is 6.07. The number of fused-ring (bicyclic) bond motifs is 2. The fourth-order valence-electron chi connectivity index (χ4n) is 7.03. The molecule has 4 aromatic carbocycles.